The van der Waals surface area contributed by atoms with Crippen molar-refractivity contribution in [2.45, 2.75) is 70.1 Å². The number of amides is 3. The molecule has 0 aliphatic carbocycles. The zero-order valence-electron chi connectivity index (χ0n) is 21.3. The fourth-order valence-electron chi connectivity index (χ4n) is 3.19. The van der Waals surface area contributed by atoms with Crippen molar-refractivity contribution in [1.82, 2.24) is 26.6 Å². The molecule has 0 aromatic rings. The number of thiol groups is 1. The van der Waals surface area contributed by atoms with Gasteiger partial charge in [0.05, 0.1) is 6.04 Å². The van der Waals surface area contributed by atoms with Gasteiger partial charge in [-0.25, -0.2) is 4.79 Å². The van der Waals surface area contributed by atoms with Gasteiger partial charge in [-0.2, -0.15) is 12.6 Å². The Balaban J connectivity index is 5.41. The monoisotopic (exact) mass is 546 g/mol. The van der Waals surface area contributed by atoms with E-state index in [2.05, 4.69) is 39.2 Å². The van der Waals surface area contributed by atoms with Crippen molar-refractivity contribution >= 4 is 48.2 Å². The number of nitrogens with two attached hydrogens (primary N) is 3. The summed E-state index contributed by atoms with van der Waals surface area (Å²) >= 11 is 3.94. The average Bonchev–Trinajstić information content (AvgIpc) is 2.80. The van der Waals surface area contributed by atoms with E-state index in [4.69, 9.17) is 28.0 Å². The van der Waals surface area contributed by atoms with E-state index in [9.17, 15) is 24.3 Å². The molecule has 0 radical (unpaired) electrons. The number of carbonyl (C=O) groups excluding carboxylic acids is 3. The van der Waals surface area contributed by atoms with Crippen molar-refractivity contribution < 1.29 is 24.3 Å². The molecule has 0 bridgehead atoms. The topological polar surface area (TPSA) is 274 Å². The highest BCUT2D eigenvalue weighted by molar-refractivity contribution is 7.80. The number of carboxylic acid groups (broad SMARTS) is 1. The largest absolute Gasteiger partial charge is 0.480 e. The molecule has 3 amide bonds. The van der Waals surface area contributed by atoms with Gasteiger partial charge in [0.15, 0.2) is 11.9 Å². The number of hydrogen-bond acceptors (Lipinski definition) is 8. The van der Waals surface area contributed by atoms with Crippen LogP contribution in [0.25, 0.3) is 0 Å². The summed E-state index contributed by atoms with van der Waals surface area (Å²) in [6.45, 7) is 4.31. The molecule has 0 fully saturated rings. The molecule has 4 atom stereocenters. The van der Waals surface area contributed by atoms with E-state index in [1.165, 1.54) is 0 Å². The molecule has 212 valence electrons. The Bertz CT molecular complexity index is 798. The van der Waals surface area contributed by atoms with Crippen molar-refractivity contribution in [2.24, 2.45) is 23.1 Å². The smallest absolute Gasteiger partial charge is 0.327 e. The van der Waals surface area contributed by atoms with Gasteiger partial charge in [-0.05, 0) is 38.0 Å². The molecule has 0 aliphatic rings. The van der Waals surface area contributed by atoms with Gasteiger partial charge in [0.1, 0.15) is 18.1 Å². The lowest BCUT2D eigenvalue weighted by Gasteiger charge is -2.26. The molecule has 0 rings (SSSR count). The van der Waals surface area contributed by atoms with Gasteiger partial charge < -0.3 is 48.9 Å². The second-order valence-corrected chi connectivity index (χ2v) is 9.27. The predicted octanol–water partition coefficient (Wildman–Crippen LogP) is -2.64. The van der Waals surface area contributed by atoms with E-state index in [1.54, 1.807) is 0 Å². The molecule has 0 unspecified atom stereocenters. The molecule has 0 spiro atoms. The SMILES string of the molecule is CC(C)C[C@H](NC(=O)[C@H](CCCNC(=N)N)NC(=O)[C@@H](N)CCCNC(=N)N)C(=O)N[C@@H](CS)C(=O)O. The van der Waals surface area contributed by atoms with Crippen molar-refractivity contribution in [2.75, 3.05) is 18.8 Å². The van der Waals surface area contributed by atoms with Crippen LogP contribution in [0.3, 0.4) is 0 Å². The summed E-state index contributed by atoms with van der Waals surface area (Å²) < 4.78 is 0. The second-order valence-electron chi connectivity index (χ2n) is 8.91. The van der Waals surface area contributed by atoms with Crippen molar-refractivity contribution in [1.29, 1.82) is 10.8 Å². The number of carbonyl (C=O) groups is 4. The van der Waals surface area contributed by atoms with Gasteiger partial charge in [0, 0.05) is 18.8 Å². The molecular weight excluding hydrogens is 504 g/mol. The summed E-state index contributed by atoms with van der Waals surface area (Å²) in [6, 6.07) is -4.26. The molecule has 37 heavy (non-hydrogen) atoms. The fourth-order valence-corrected chi connectivity index (χ4v) is 3.43. The summed E-state index contributed by atoms with van der Waals surface area (Å²) in [5.74, 6) is -3.73. The zero-order valence-corrected chi connectivity index (χ0v) is 22.2. The first-order chi connectivity index (χ1) is 17.3. The Morgan fingerprint density at radius 1 is 0.811 bits per heavy atom. The summed E-state index contributed by atoms with van der Waals surface area (Å²) in [5.41, 5.74) is 16.4. The molecule has 0 aromatic heterocycles. The Morgan fingerprint density at radius 2 is 1.27 bits per heavy atom. The first-order valence-corrected chi connectivity index (χ1v) is 12.6. The highest BCUT2D eigenvalue weighted by Crippen LogP contribution is 2.08. The number of nitrogens with one attached hydrogen (secondary N) is 7. The van der Waals surface area contributed by atoms with Crippen LogP contribution in [-0.4, -0.2) is 83.7 Å². The van der Waals surface area contributed by atoms with E-state index >= 15 is 0 Å². The van der Waals surface area contributed by atoms with Crippen molar-refractivity contribution in [3.05, 3.63) is 0 Å². The number of rotatable bonds is 18. The maximum absolute atomic E-state index is 13.1. The molecule has 16 heteroatoms. The molecule has 0 heterocycles. The summed E-state index contributed by atoms with van der Waals surface area (Å²) in [7, 11) is 0. The van der Waals surface area contributed by atoms with E-state index < -0.39 is 47.9 Å². The van der Waals surface area contributed by atoms with Crippen LogP contribution in [0, 0.1) is 16.7 Å². The standard InChI is InChI=1S/C21H42N10O5S/c1-11(2)9-14(18(34)31-15(10-37)19(35)36)30-17(33)13(6-4-8-28-21(25)26)29-16(32)12(22)5-3-7-27-20(23)24/h11-15,37H,3-10,22H2,1-2H3,(H,29,32)(H,30,33)(H,31,34)(H,35,36)(H4,23,24,27)(H4,25,26,28)/t12-,13-,14-,15-/m0/s1. The minimum atomic E-state index is -1.26. The summed E-state index contributed by atoms with van der Waals surface area (Å²) in [5, 5.41) is 36.4. The first kappa shape index (κ1) is 33.7. The molecule has 0 aliphatic heterocycles. The highest BCUT2D eigenvalue weighted by atomic mass is 32.1. The number of carboxylic acids is 1. The van der Waals surface area contributed by atoms with Gasteiger partial charge in [0.25, 0.3) is 0 Å². The predicted molar refractivity (Wildman–Crippen MR) is 143 cm³/mol. The van der Waals surface area contributed by atoms with Gasteiger partial charge in [-0.1, -0.05) is 13.8 Å². The summed E-state index contributed by atoms with van der Waals surface area (Å²) in [6.07, 6.45) is 1.47. The molecular formula is C21H42N10O5S. The fraction of sp³-hybridized carbons (Fsp3) is 0.714. The van der Waals surface area contributed by atoms with Crippen LogP contribution in [0.1, 0.15) is 46.0 Å². The molecule has 0 saturated carbocycles. The maximum atomic E-state index is 13.1. The van der Waals surface area contributed by atoms with E-state index in [0.29, 0.717) is 19.4 Å². The Kier molecular flexibility index (Phi) is 16.5. The van der Waals surface area contributed by atoms with Crippen LogP contribution >= 0.6 is 12.6 Å². The average molecular weight is 547 g/mol. The van der Waals surface area contributed by atoms with E-state index in [-0.39, 0.29) is 49.4 Å². The van der Waals surface area contributed by atoms with Crippen LogP contribution < -0.4 is 43.8 Å². The minimum Gasteiger partial charge on any atom is -0.480 e. The summed E-state index contributed by atoms with van der Waals surface area (Å²) in [4.78, 5) is 49.8. The second kappa shape index (κ2) is 18.0. The lowest BCUT2D eigenvalue weighted by atomic mass is 10.0. The molecule has 0 saturated heterocycles. The van der Waals surface area contributed by atoms with Crippen LogP contribution in [0.4, 0.5) is 0 Å². The Morgan fingerprint density at radius 3 is 1.73 bits per heavy atom. The van der Waals surface area contributed by atoms with Gasteiger partial charge in [-0.15, -0.1) is 0 Å². The minimum absolute atomic E-state index is 0.0137. The number of aliphatic carboxylic acids is 1. The van der Waals surface area contributed by atoms with Gasteiger partial charge in [-0.3, -0.25) is 25.2 Å². The van der Waals surface area contributed by atoms with Gasteiger partial charge >= 0.3 is 5.97 Å². The first-order valence-electron chi connectivity index (χ1n) is 11.9. The molecule has 14 N–H and O–H groups in total. The number of guanidine groups is 2. The highest BCUT2D eigenvalue weighted by Gasteiger charge is 2.30. The zero-order chi connectivity index (χ0) is 28.5. The van der Waals surface area contributed by atoms with E-state index in [1.807, 2.05) is 13.8 Å². The third-order valence-corrected chi connectivity index (χ3v) is 5.46. The lowest BCUT2D eigenvalue weighted by Crippen LogP contribution is -2.57. The van der Waals surface area contributed by atoms with E-state index in [0.717, 1.165) is 0 Å². The Hall–Kier alpha value is -3.27. The third-order valence-electron chi connectivity index (χ3n) is 5.10. The van der Waals surface area contributed by atoms with Crippen LogP contribution in [-0.2, 0) is 19.2 Å². The number of hydrogen-bond donors (Lipinski definition) is 12. The maximum Gasteiger partial charge on any atom is 0.327 e. The van der Waals surface area contributed by atoms with Crippen LogP contribution in [0.15, 0.2) is 0 Å². The lowest BCUT2D eigenvalue weighted by molar-refractivity contribution is -0.141. The quantitative estimate of drug-likeness (QED) is 0.0367. The molecule has 0 aromatic carbocycles. The molecule has 15 nitrogen and oxygen atoms in total. The Labute approximate surface area is 222 Å². The van der Waals surface area contributed by atoms with Crippen molar-refractivity contribution in [3.63, 3.8) is 0 Å². The van der Waals surface area contributed by atoms with Gasteiger partial charge in [0.2, 0.25) is 17.7 Å². The van der Waals surface area contributed by atoms with Crippen LogP contribution in [0.5, 0.6) is 0 Å². The normalized spacial score (nSPS) is 14.0. The van der Waals surface area contributed by atoms with Crippen molar-refractivity contribution in [3.8, 4) is 0 Å². The van der Waals surface area contributed by atoms with Crippen LogP contribution in [0.2, 0.25) is 0 Å². The third kappa shape index (κ3) is 15.4.